The van der Waals surface area contributed by atoms with Gasteiger partial charge in [-0.1, -0.05) is 30.0 Å². The molecule has 5 rings (SSSR count). The van der Waals surface area contributed by atoms with Gasteiger partial charge in [0.1, 0.15) is 18.0 Å². The van der Waals surface area contributed by atoms with E-state index in [-0.39, 0.29) is 17.2 Å². The highest BCUT2D eigenvalue weighted by Crippen LogP contribution is 2.34. The number of thiophene rings is 1. The highest BCUT2D eigenvalue weighted by Gasteiger charge is 2.18. The van der Waals surface area contributed by atoms with Crippen LogP contribution in [-0.4, -0.2) is 34.4 Å². The Morgan fingerprint density at radius 3 is 2.71 bits per heavy atom. The van der Waals surface area contributed by atoms with Gasteiger partial charge in [-0.15, -0.1) is 11.3 Å². The molecule has 0 unspecified atom stereocenters. The van der Waals surface area contributed by atoms with E-state index in [0.29, 0.717) is 45.8 Å². The van der Waals surface area contributed by atoms with Crippen molar-refractivity contribution in [1.82, 2.24) is 9.55 Å². The Morgan fingerprint density at radius 1 is 1.12 bits per heavy atom. The van der Waals surface area contributed by atoms with Gasteiger partial charge in [0, 0.05) is 29.7 Å². The van der Waals surface area contributed by atoms with E-state index in [1.165, 1.54) is 38.8 Å². The molecule has 0 radical (unpaired) electrons. The lowest BCUT2D eigenvalue weighted by molar-refractivity contribution is -0.113. The van der Waals surface area contributed by atoms with Gasteiger partial charge in [-0.2, -0.15) is 0 Å². The SMILES string of the molecule is Cc1ccc(-c2csc3nc(SCC(=O)Nc4ccc5c(c4)OCCO5)n(C)c(=O)c23)cc1C. The van der Waals surface area contributed by atoms with Crippen LogP contribution in [0.3, 0.4) is 0 Å². The van der Waals surface area contributed by atoms with E-state index in [0.717, 1.165) is 11.1 Å². The Hall–Kier alpha value is -3.30. The molecule has 0 saturated carbocycles. The molecule has 4 aromatic rings. The first-order chi connectivity index (χ1) is 16.4. The van der Waals surface area contributed by atoms with Crippen molar-refractivity contribution in [3.05, 3.63) is 63.3 Å². The molecule has 0 atom stereocenters. The average molecular weight is 494 g/mol. The molecule has 1 N–H and O–H groups in total. The predicted octanol–water partition coefficient (Wildman–Crippen LogP) is 4.78. The zero-order valence-corrected chi connectivity index (χ0v) is 20.6. The zero-order chi connectivity index (χ0) is 23.8. The van der Waals surface area contributed by atoms with Crippen molar-refractivity contribution in [2.24, 2.45) is 7.05 Å². The Morgan fingerprint density at radius 2 is 1.91 bits per heavy atom. The van der Waals surface area contributed by atoms with Gasteiger partial charge in [0.05, 0.1) is 11.1 Å². The minimum absolute atomic E-state index is 0.116. The number of ether oxygens (including phenoxy) is 2. The molecule has 34 heavy (non-hydrogen) atoms. The standard InChI is InChI=1S/C25H23N3O4S2/c1-14-4-5-16(10-15(14)2)18-12-33-23-22(18)24(30)28(3)25(27-23)34-13-21(29)26-17-6-7-19-20(11-17)32-9-8-31-19/h4-7,10-12H,8-9,13H2,1-3H3,(H,26,29). The van der Waals surface area contributed by atoms with Crippen LogP contribution >= 0.6 is 23.1 Å². The third-order valence-electron chi connectivity index (χ3n) is 5.75. The quantitative estimate of drug-likeness (QED) is 0.318. The zero-order valence-electron chi connectivity index (χ0n) is 19.0. The second kappa shape index (κ2) is 9.15. The van der Waals surface area contributed by atoms with Gasteiger partial charge in [-0.05, 0) is 42.7 Å². The van der Waals surface area contributed by atoms with Crippen molar-refractivity contribution in [3.63, 3.8) is 0 Å². The lowest BCUT2D eigenvalue weighted by atomic mass is 10.0. The number of hydrogen-bond donors (Lipinski definition) is 1. The summed E-state index contributed by atoms with van der Waals surface area (Å²) >= 11 is 2.67. The van der Waals surface area contributed by atoms with E-state index in [4.69, 9.17) is 9.47 Å². The van der Waals surface area contributed by atoms with Gasteiger partial charge in [0.15, 0.2) is 16.7 Å². The molecule has 2 aromatic heterocycles. The molecule has 1 aliphatic heterocycles. The van der Waals surface area contributed by atoms with Gasteiger partial charge < -0.3 is 14.8 Å². The van der Waals surface area contributed by atoms with Crippen molar-refractivity contribution in [2.45, 2.75) is 19.0 Å². The molecule has 0 bridgehead atoms. The molecular formula is C25H23N3O4S2. The summed E-state index contributed by atoms with van der Waals surface area (Å²) in [6.45, 7) is 5.13. The van der Waals surface area contributed by atoms with Crippen LogP contribution in [0, 0.1) is 13.8 Å². The van der Waals surface area contributed by atoms with Crippen LogP contribution in [0.25, 0.3) is 21.3 Å². The lowest BCUT2D eigenvalue weighted by Crippen LogP contribution is -2.21. The van der Waals surface area contributed by atoms with Crippen molar-refractivity contribution < 1.29 is 14.3 Å². The van der Waals surface area contributed by atoms with E-state index in [2.05, 4.69) is 36.3 Å². The summed E-state index contributed by atoms with van der Waals surface area (Å²) in [5, 5.41) is 5.95. The van der Waals surface area contributed by atoms with E-state index in [1.807, 2.05) is 11.4 Å². The molecule has 3 heterocycles. The molecule has 7 nitrogen and oxygen atoms in total. The molecule has 1 aliphatic rings. The number of nitrogens with zero attached hydrogens (tertiary/aromatic N) is 2. The maximum Gasteiger partial charge on any atom is 0.263 e. The number of fused-ring (bicyclic) bond motifs is 2. The van der Waals surface area contributed by atoms with Crippen LogP contribution in [0.2, 0.25) is 0 Å². The monoisotopic (exact) mass is 493 g/mol. The summed E-state index contributed by atoms with van der Waals surface area (Å²) in [6.07, 6.45) is 0. The van der Waals surface area contributed by atoms with Gasteiger partial charge in [-0.25, -0.2) is 4.98 Å². The summed E-state index contributed by atoms with van der Waals surface area (Å²) in [6, 6.07) is 11.5. The van der Waals surface area contributed by atoms with E-state index < -0.39 is 0 Å². The number of amides is 1. The van der Waals surface area contributed by atoms with E-state index >= 15 is 0 Å². The summed E-state index contributed by atoms with van der Waals surface area (Å²) in [5.74, 6) is 1.21. The Labute approximate surface area is 204 Å². The molecule has 1 amide bonds. The topological polar surface area (TPSA) is 82.4 Å². The van der Waals surface area contributed by atoms with Gasteiger partial charge in [-0.3, -0.25) is 14.2 Å². The van der Waals surface area contributed by atoms with Crippen molar-refractivity contribution in [1.29, 1.82) is 0 Å². The summed E-state index contributed by atoms with van der Waals surface area (Å²) < 4.78 is 12.6. The normalized spacial score (nSPS) is 12.7. The summed E-state index contributed by atoms with van der Waals surface area (Å²) in [5.41, 5.74) is 4.80. The molecule has 0 saturated heterocycles. The minimum Gasteiger partial charge on any atom is -0.486 e. The number of hydrogen-bond acceptors (Lipinski definition) is 7. The van der Waals surface area contributed by atoms with Crippen LogP contribution in [-0.2, 0) is 11.8 Å². The third kappa shape index (κ3) is 4.28. The first-order valence-electron chi connectivity index (χ1n) is 10.8. The maximum absolute atomic E-state index is 13.2. The predicted molar refractivity (Wildman–Crippen MR) is 137 cm³/mol. The lowest BCUT2D eigenvalue weighted by Gasteiger charge is -2.19. The second-order valence-electron chi connectivity index (χ2n) is 8.08. The van der Waals surface area contributed by atoms with E-state index in [9.17, 15) is 9.59 Å². The minimum atomic E-state index is -0.196. The highest BCUT2D eigenvalue weighted by molar-refractivity contribution is 7.99. The van der Waals surface area contributed by atoms with Crippen LogP contribution in [0.1, 0.15) is 11.1 Å². The van der Waals surface area contributed by atoms with Gasteiger partial charge in [0.25, 0.3) is 5.56 Å². The number of benzene rings is 2. The molecule has 9 heteroatoms. The second-order valence-corrected chi connectivity index (χ2v) is 9.88. The molecule has 2 aromatic carbocycles. The molecule has 0 aliphatic carbocycles. The fraction of sp³-hybridized carbons (Fsp3) is 0.240. The van der Waals surface area contributed by atoms with Gasteiger partial charge >= 0.3 is 0 Å². The smallest absolute Gasteiger partial charge is 0.263 e. The van der Waals surface area contributed by atoms with E-state index in [1.54, 1.807) is 25.2 Å². The number of aryl methyl sites for hydroxylation is 2. The van der Waals surface area contributed by atoms with Gasteiger partial charge in [0.2, 0.25) is 5.91 Å². The number of nitrogens with one attached hydrogen (secondary N) is 1. The number of thioether (sulfide) groups is 1. The van der Waals surface area contributed by atoms with Crippen LogP contribution in [0.4, 0.5) is 5.69 Å². The fourth-order valence-electron chi connectivity index (χ4n) is 3.75. The number of carbonyl (C=O) groups excluding carboxylic acids is 1. The largest absolute Gasteiger partial charge is 0.486 e. The van der Waals surface area contributed by atoms with Crippen molar-refractivity contribution in [2.75, 3.05) is 24.3 Å². The third-order valence-corrected chi connectivity index (χ3v) is 7.65. The number of carbonyl (C=O) groups is 1. The van der Waals surface area contributed by atoms with Crippen LogP contribution < -0.4 is 20.3 Å². The number of anilines is 1. The fourth-order valence-corrected chi connectivity index (χ4v) is 5.51. The van der Waals surface area contributed by atoms with Crippen molar-refractivity contribution >= 4 is 44.9 Å². The first-order valence-corrected chi connectivity index (χ1v) is 12.7. The molecular weight excluding hydrogens is 470 g/mol. The van der Waals surface area contributed by atoms with Crippen LogP contribution in [0.15, 0.2) is 51.7 Å². The Bertz CT molecular complexity index is 1480. The highest BCUT2D eigenvalue weighted by atomic mass is 32.2. The summed E-state index contributed by atoms with van der Waals surface area (Å²) in [7, 11) is 1.69. The van der Waals surface area contributed by atoms with Crippen molar-refractivity contribution in [3.8, 4) is 22.6 Å². The maximum atomic E-state index is 13.2. The summed E-state index contributed by atoms with van der Waals surface area (Å²) in [4.78, 5) is 31.1. The number of rotatable bonds is 5. The first kappa shape index (κ1) is 22.5. The molecule has 174 valence electrons. The molecule has 0 fully saturated rings. The molecule has 0 spiro atoms. The number of aromatic nitrogens is 2. The average Bonchev–Trinajstić information content (AvgIpc) is 3.26. The van der Waals surface area contributed by atoms with Crippen LogP contribution in [0.5, 0.6) is 11.5 Å². The Balaban J connectivity index is 1.34. The Kier molecular flexibility index (Phi) is 6.05.